The van der Waals surface area contributed by atoms with Crippen molar-refractivity contribution < 1.29 is 0 Å². The fourth-order valence-corrected chi connectivity index (χ4v) is 2.84. The topological polar surface area (TPSA) is 54.5 Å². The Hall–Kier alpha value is -1.51. The van der Waals surface area contributed by atoms with Gasteiger partial charge in [-0.1, -0.05) is 11.6 Å². The highest BCUT2D eigenvalue weighted by Crippen LogP contribution is 2.30. The molecule has 0 atom stereocenters. The Bertz CT molecular complexity index is 615. The largest absolute Gasteiger partial charge is 0.247 e. The summed E-state index contributed by atoms with van der Waals surface area (Å²) < 4.78 is 1.89. The fourth-order valence-electron chi connectivity index (χ4n) is 1.64. The quantitative estimate of drug-likeness (QED) is 0.807. The van der Waals surface area contributed by atoms with Gasteiger partial charge < -0.3 is 0 Å². The van der Waals surface area contributed by atoms with Crippen LogP contribution in [-0.2, 0) is 5.75 Å². The van der Waals surface area contributed by atoms with Crippen LogP contribution in [-0.4, -0.2) is 14.8 Å². The zero-order chi connectivity index (χ0) is 13.8. The number of hydrogen-bond donors (Lipinski definition) is 0. The van der Waals surface area contributed by atoms with Gasteiger partial charge in [0.15, 0.2) is 0 Å². The summed E-state index contributed by atoms with van der Waals surface area (Å²) in [4.78, 5) is 5.19. The van der Waals surface area contributed by atoms with Gasteiger partial charge in [-0.3, -0.25) is 0 Å². The van der Waals surface area contributed by atoms with Gasteiger partial charge in [0.2, 0.25) is 0 Å². The van der Waals surface area contributed by atoms with Crippen molar-refractivity contribution in [3.63, 3.8) is 0 Å². The number of halogens is 1. The summed E-state index contributed by atoms with van der Waals surface area (Å²) in [6.07, 6.45) is 1.57. The first-order valence-electron chi connectivity index (χ1n) is 5.82. The molecule has 2 aromatic rings. The van der Waals surface area contributed by atoms with E-state index in [0.717, 1.165) is 10.7 Å². The predicted molar refractivity (Wildman–Crippen MR) is 76.1 cm³/mol. The second-order valence-electron chi connectivity index (χ2n) is 4.26. The average Bonchev–Trinajstić information content (AvgIpc) is 2.85. The number of aromatic nitrogens is 3. The summed E-state index contributed by atoms with van der Waals surface area (Å²) in [5.41, 5.74) is 0.569. The van der Waals surface area contributed by atoms with Crippen molar-refractivity contribution in [1.82, 2.24) is 14.8 Å². The van der Waals surface area contributed by atoms with Crippen LogP contribution in [0.1, 0.15) is 31.3 Å². The lowest BCUT2D eigenvalue weighted by molar-refractivity contribution is 0.514. The van der Waals surface area contributed by atoms with E-state index in [1.165, 1.54) is 0 Å². The number of benzene rings is 1. The maximum absolute atomic E-state index is 8.79. The molecule has 98 valence electrons. The first-order chi connectivity index (χ1) is 9.11. The molecule has 0 radical (unpaired) electrons. The molecule has 0 saturated carbocycles. The highest BCUT2D eigenvalue weighted by Gasteiger charge is 2.09. The summed E-state index contributed by atoms with van der Waals surface area (Å²) in [6.45, 7) is 4.13. The molecule has 0 amide bonds. The number of thioether (sulfide) groups is 1. The Kier molecular flexibility index (Phi) is 4.46. The number of nitriles is 1. The smallest absolute Gasteiger partial charge is 0.138 e. The van der Waals surface area contributed by atoms with Crippen LogP contribution in [0.4, 0.5) is 0 Å². The van der Waals surface area contributed by atoms with E-state index in [1.54, 1.807) is 30.2 Å². The van der Waals surface area contributed by atoms with Crippen LogP contribution in [0, 0.1) is 11.3 Å². The zero-order valence-corrected chi connectivity index (χ0v) is 12.2. The molecule has 0 aliphatic rings. The van der Waals surface area contributed by atoms with Crippen LogP contribution >= 0.6 is 23.4 Å². The van der Waals surface area contributed by atoms with Gasteiger partial charge in [-0.25, -0.2) is 9.67 Å². The summed E-state index contributed by atoms with van der Waals surface area (Å²) >= 11 is 7.73. The minimum absolute atomic E-state index is 0.287. The maximum Gasteiger partial charge on any atom is 0.138 e. The van der Waals surface area contributed by atoms with Crippen molar-refractivity contribution in [3.05, 3.63) is 40.9 Å². The summed E-state index contributed by atoms with van der Waals surface area (Å²) in [5, 5.41) is 13.6. The lowest BCUT2D eigenvalue weighted by Crippen LogP contribution is -2.07. The summed E-state index contributed by atoms with van der Waals surface area (Å²) in [6, 6.07) is 7.66. The van der Waals surface area contributed by atoms with Gasteiger partial charge in [0, 0.05) is 10.9 Å². The van der Waals surface area contributed by atoms with E-state index in [-0.39, 0.29) is 6.04 Å². The lowest BCUT2D eigenvalue weighted by atomic mass is 10.2. The third-order valence-electron chi connectivity index (χ3n) is 2.55. The molecule has 4 nitrogen and oxygen atoms in total. The Morgan fingerprint density at radius 2 is 2.26 bits per heavy atom. The molecule has 1 heterocycles. The molecule has 0 aliphatic carbocycles. The van der Waals surface area contributed by atoms with Gasteiger partial charge >= 0.3 is 0 Å². The van der Waals surface area contributed by atoms with Crippen LogP contribution in [0.3, 0.4) is 0 Å². The molecular formula is C13H13ClN4S. The average molecular weight is 293 g/mol. The molecule has 1 aromatic heterocycles. The molecule has 0 saturated heterocycles. The van der Waals surface area contributed by atoms with Crippen molar-refractivity contribution >= 4 is 23.4 Å². The third kappa shape index (κ3) is 3.28. The van der Waals surface area contributed by atoms with E-state index in [1.807, 2.05) is 10.7 Å². The Morgan fingerprint density at radius 3 is 2.89 bits per heavy atom. The van der Waals surface area contributed by atoms with Crippen LogP contribution in [0.15, 0.2) is 29.4 Å². The van der Waals surface area contributed by atoms with Gasteiger partial charge in [-0.05, 0) is 32.0 Å². The SMILES string of the molecule is CC(C)n1ncnc1CSc1ccc(C#N)cc1Cl. The zero-order valence-electron chi connectivity index (χ0n) is 10.7. The minimum atomic E-state index is 0.287. The maximum atomic E-state index is 8.79. The standard InChI is InChI=1S/C13H13ClN4S/c1-9(2)18-13(16-8-17-18)7-19-12-4-3-10(6-15)5-11(12)14/h3-5,8-9H,7H2,1-2H3. The molecule has 6 heteroatoms. The van der Waals surface area contributed by atoms with Gasteiger partial charge in [0.1, 0.15) is 12.2 Å². The van der Waals surface area contributed by atoms with E-state index >= 15 is 0 Å². The van der Waals surface area contributed by atoms with Crippen molar-refractivity contribution in [1.29, 1.82) is 5.26 Å². The Balaban J connectivity index is 2.11. The monoisotopic (exact) mass is 292 g/mol. The van der Waals surface area contributed by atoms with Crippen LogP contribution in [0.25, 0.3) is 0 Å². The van der Waals surface area contributed by atoms with Crippen LogP contribution in [0.2, 0.25) is 5.02 Å². The second-order valence-corrected chi connectivity index (χ2v) is 5.68. The van der Waals surface area contributed by atoms with E-state index in [2.05, 4.69) is 30.0 Å². The van der Waals surface area contributed by atoms with E-state index < -0.39 is 0 Å². The Morgan fingerprint density at radius 1 is 1.47 bits per heavy atom. The van der Waals surface area contributed by atoms with Gasteiger partial charge in [0.25, 0.3) is 0 Å². The third-order valence-corrected chi connectivity index (χ3v) is 4.05. The van der Waals surface area contributed by atoms with Crippen LogP contribution in [0.5, 0.6) is 0 Å². The Labute approximate surface area is 121 Å². The molecule has 0 N–H and O–H groups in total. The van der Waals surface area contributed by atoms with Gasteiger partial charge in [-0.15, -0.1) is 11.8 Å². The normalized spacial score (nSPS) is 10.7. The van der Waals surface area contributed by atoms with Crippen molar-refractivity contribution in [3.8, 4) is 6.07 Å². The van der Waals surface area contributed by atoms with Crippen LogP contribution < -0.4 is 0 Å². The number of nitrogens with zero attached hydrogens (tertiary/aromatic N) is 4. The molecule has 1 aromatic carbocycles. The van der Waals surface area contributed by atoms with Gasteiger partial charge in [0.05, 0.1) is 22.4 Å². The molecule has 2 rings (SSSR count). The predicted octanol–water partition coefficient (Wildman–Crippen LogP) is 3.68. The molecule has 0 bridgehead atoms. The molecular weight excluding hydrogens is 280 g/mol. The lowest BCUT2D eigenvalue weighted by Gasteiger charge is -2.09. The minimum Gasteiger partial charge on any atom is -0.247 e. The van der Waals surface area contributed by atoms with Crippen molar-refractivity contribution in [2.24, 2.45) is 0 Å². The molecule has 0 spiro atoms. The van der Waals surface area contributed by atoms with E-state index in [9.17, 15) is 0 Å². The van der Waals surface area contributed by atoms with E-state index in [4.69, 9.17) is 16.9 Å². The number of rotatable bonds is 4. The number of hydrogen-bond acceptors (Lipinski definition) is 4. The summed E-state index contributed by atoms with van der Waals surface area (Å²) in [5.74, 6) is 1.62. The van der Waals surface area contributed by atoms with Crippen molar-refractivity contribution in [2.45, 2.75) is 30.5 Å². The highest BCUT2D eigenvalue weighted by atomic mass is 35.5. The summed E-state index contributed by atoms with van der Waals surface area (Å²) in [7, 11) is 0. The molecule has 19 heavy (non-hydrogen) atoms. The first kappa shape index (κ1) is 13.9. The molecule has 0 aliphatic heterocycles. The van der Waals surface area contributed by atoms with Gasteiger partial charge in [-0.2, -0.15) is 10.4 Å². The first-order valence-corrected chi connectivity index (χ1v) is 7.19. The molecule has 0 unspecified atom stereocenters. The fraction of sp³-hybridized carbons (Fsp3) is 0.308. The second kappa shape index (κ2) is 6.09. The molecule has 0 fully saturated rings. The van der Waals surface area contributed by atoms with Crippen molar-refractivity contribution in [2.75, 3.05) is 0 Å². The van der Waals surface area contributed by atoms with E-state index in [0.29, 0.717) is 16.3 Å². The highest BCUT2D eigenvalue weighted by molar-refractivity contribution is 7.98.